The first-order valence-electron chi connectivity index (χ1n) is 12.0. The SMILES string of the molecule is CCCCCCCCCCOS(=O)(=O)O.CCOCC.OCCOCCOCCOCCO. The molecule has 0 aliphatic carbocycles. The molecule has 0 saturated carbocycles. The van der Waals surface area contributed by atoms with Crippen molar-refractivity contribution in [1.29, 1.82) is 0 Å². The van der Waals surface area contributed by atoms with Gasteiger partial charge in [0.05, 0.1) is 59.5 Å². The van der Waals surface area contributed by atoms with Crippen molar-refractivity contribution in [2.75, 3.05) is 72.7 Å². The molecule has 0 aliphatic heterocycles. The van der Waals surface area contributed by atoms with E-state index in [-0.39, 0.29) is 19.8 Å². The summed E-state index contributed by atoms with van der Waals surface area (Å²) in [6.07, 6.45) is 9.05. The molecule has 0 spiro atoms. The molecule has 0 saturated heterocycles. The molecule has 0 aromatic carbocycles. The van der Waals surface area contributed by atoms with Crippen LogP contribution in [0.2, 0.25) is 0 Å². The summed E-state index contributed by atoms with van der Waals surface area (Å²) < 4.78 is 52.7. The quantitative estimate of drug-likeness (QED) is 0.148. The Balaban J connectivity index is -0.000000456. The van der Waals surface area contributed by atoms with Gasteiger partial charge in [0.15, 0.2) is 0 Å². The number of aliphatic hydroxyl groups excluding tert-OH is 2. The third kappa shape index (κ3) is 49.7. The van der Waals surface area contributed by atoms with Crippen LogP contribution >= 0.6 is 0 Å². The standard InChI is InChI=1S/C10H22O4S.C8H18O5.C4H10O/c1-2-3-4-5-6-7-8-9-10-14-15(11,12)13;9-1-3-11-5-7-13-8-6-12-4-2-10;1-3-5-4-2/h2-10H2,1H3,(H,11,12,13);9-10H,1-8H2;3-4H2,1-2H3. The molecule has 0 unspecified atom stereocenters. The Labute approximate surface area is 201 Å². The summed E-state index contributed by atoms with van der Waals surface area (Å²) in [6.45, 7) is 10.7. The maximum atomic E-state index is 10.2. The van der Waals surface area contributed by atoms with Crippen LogP contribution in [0.25, 0.3) is 0 Å². The van der Waals surface area contributed by atoms with E-state index in [0.717, 1.165) is 26.1 Å². The molecule has 204 valence electrons. The number of hydrogen-bond donors (Lipinski definition) is 3. The summed E-state index contributed by atoms with van der Waals surface area (Å²) in [5, 5.41) is 16.7. The molecule has 0 rings (SSSR count). The smallest absolute Gasteiger partial charge is 0.394 e. The van der Waals surface area contributed by atoms with Gasteiger partial charge >= 0.3 is 10.4 Å². The van der Waals surface area contributed by atoms with Crippen LogP contribution < -0.4 is 0 Å². The lowest BCUT2D eigenvalue weighted by atomic mass is 10.1. The van der Waals surface area contributed by atoms with E-state index in [2.05, 4.69) is 11.1 Å². The molecule has 0 aliphatic rings. The van der Waals surface area contributed by atoms with Crippen molar-refractivity contribution in [3.05, 3.63) is 0 Å². The average molecular weight is 507 g/mol. The van der Waals surface area contributed by atoms with Crippen molar-refractivity contribution in [3.8, 4) is 0 Å². The van der Waals surface area contributed by atoms with E-state index in [1.807, 2.05) is 13.8 Å². The van der Waals surface area contributed by atoms with E-state index >= 15 is 0 Å². The third-order valence-corrected chi connectivity index (χ3v) is 4.32. The van der Waals surface area contributed by atoms with Gasteiger partial charge in [0.25, 0.3) is 0 Å². The number of rotatable bonds is 22. The van der Waals surface area contributed by atoms with E-state index in [4.69, 9.17) is 33.7 Å². The molecule has 0 aromatic rings. The minimum atomic E-state index is -4.23. The molecule has 11 heteroatoms. The van der Waals surface area contributed by atoms with Crippen LogP contribution in [-0.2, 0) is 33.5 Å². The molecule has 0 amide bonds. The predicted octanol–water partition coefficient (Wildman–Crippen LogP) is 3.01. The number of aliphatic hydroxyl groups is 2. The van der Waals surface area contributed by atoms with Crippen LogP contribution in [0.15, 0.2) is 0 Å². The lowest BCUT2D eigenvalue weighted by molar-refractivity contribution is 0.00230. The van der Waals surface area contributed by atoms with Gasteiger partial charge in [-0.15, -0.1) is 0 Å². The Bertz CT molecular complexity index is 409. The van der Waals surface area contributed by atoms with Crippen LogP contribution in [0.4, 0.5) is 0 Å². The first-order valence-corrected chi connectivity index (χ1v) is 13.4. The summed E-state index contributed by atoms with van der Waals surface area (Å²) in [5.74, 6) is 0. The van der Waals surface area contributed by atoms with Crippen molar-refractivity contribution in [2.24, 2.45) is 0 Å². The van der Waals surface area contributed by atoms with Crippen LogP contribution in [0.1, 0.15) is 72.1 Å². The van der Waals surface area contributed by atoms with Crippen LogP contribution in [0.5, 0.6) is 0 Å². The van der Waals surface area contributed by atoms with Gasteiger partial charge in [-0.2, -0.15) is 8.42 Å². The Hall–Kier alpha value is -0.370. The number of hydrogen-bond acceptors (Lipinski definition) is 9. The van der Waals surface area contributed by atoms with Crippen molar-refractivity contribution < 1.29 is 46.3 Å². The van der Waals surface area contributed by atoms with Gasteiger partial charge in [0.1, 0.15) is 0 Å². The highest BCUT2D eigenvalue weighted by molar-refractivity contribution is 7.80. The van der Waals surface area contributed by atoms with Gasteiger partial charge in [-0.05, 0) is 20.3 Å². The zero-order valence-corrected chi connectivity index (χ0v) is 21.9. The second-order valence-corrected chi connectivity index (χ2v) is 7.88. The van der Waals surface area contributed by atoms with E-state index < -0.39 is 10.4 Å². The largest absolute Gasteiger partial charge is 0.397 e. The molecule has 0 radical (unpaired) electrons. The van der Waals surface area contributed by atoms with E-state index in [1.165, 1.54) is 32.1 Å². The monoisotopic (exact) mass is 506 g/mol. The fourth-order valence-corrected chi connectivity index (χ4v) is 2.60. The highest BCUT2D eigenvalue weighted by Crippen LogP contribution is 2.08. The summed E-state index contributed by atoms with van der Waals surface area (Å²) in [7, 11) is -4.23. The summed E-state index contributed by atoms with van der Waals surface area (Å²) in [4.78, 5) is 0. The molecule has 10 nitrogen and oxygen atoms in total. The summed E-state index contributed by atoms with van der Waals surface area (Å²) in [6, 6.07) is 0. The van der Waals surface area contributed by atoms with E-state index in [0.29, 0.717) is 46.1 Å². The summed E-state index contributed by atoms with van der Waals surface area (Å²) in [5.41, 5.74) is 0. The van der Waals surface area contributed by atoms with Gasteiger partial charge in [0, 0.05) is 13.2 Å². The molecule has 0 fully saturated rings. The highest BCUT2D eigenvalue weighted by Gasteiger charge is 2.02. The van der Waals surface area contributed by atoms with E-state index in [9.17, 15) is 8.42 Å². The summed E-state index contributed by atoms with van der Waals surface area (Å²) >= 11 is 0. The molecule has 0 heterocycles. The first kappa shape index (κ1) is 37.2. The normalized spacial score (nSPS) is 10.8. The van der Waals surface area contributed by atoms with Gasteiger partial charge < -0.3 is 29.2 Å². The average Bonchev–Trinajstić information content (AvgIpc) is 2.78. The van der Waals surface area contributed by atoms with Crippen molar-refractivity contribution in [3.63, 3.8) is 0 Å². The molecule has 0 aromatic heterocycles. The minimum absolute atomic E-state index is 0.0413. The Kier molecular flexibility index (Phi) is 38.1. The van der Waals surface area contributed by atoms with Crippen LogP contribution in [0, 0.1) is 0 Å². The second-order valence-electron chi connectivity index (χ2n) is 6.79. The Morgan fingerprint density at radius 3 is 1.27 bits per heavy atom. The number of ether oxygens (including phenoxy) is 4. The second kappa shape index (κ2) is 33.8. The van der Waals surface area contributed by atoms with Gasteiger partial charge in [-0.1, -0.05) is 51.9 Å². The Morgan fingerprint density at radius 1 is 0.545 bits per heavy atom. The fourth-order valence-electron chi connectivity index (χ4n) is 2.28. The lowest BCUT2D eigenvalue weighted by Crippen LogP contribution is -2.11. The van der Waals surface area contributed by atoms with Crippen molar-refractivity contribution in [1.82, 2.24) is 0 Å². The Morgan fingerprint density at radius 2 is 0.939 bits per heavy atom. The molecule has 0 bridgehead atoms. The number of unbranched alkanes of at least 4 members (excludes halogenated alkanes) is 7. The molecular weight excluding hydrogens is 456 g/mol. The van der Waals surface area contributed by atoms with Gasteiger partial charge in [-0.3, -0.25) is 4.55 Å². The zero-order chi connectivity index (χ0) is 25.5. The first-order chi connectivity index (χ1) is 15.9. The maximum Gasteiger partial charge on any atom is 0.397 e. The highest BCUT2D eigenvalue weighted by atomic mass is 32.3. The molecule has 3 N–H and O–H groups in total. The molecule has 33 heavy (non-hydrogen) atoms. The fraction of sp³-hybridized carbons (Fsp3) is 1.00. The van der Waals surface area contributed by atoms with Gasteiger partial charge in [-0.25, -0.2) is 4.18 Å². The third-order valence-electron chi connectivity index (χ3n) is 3.85. The zero-order valence-electron chi connectivity index (χ0n) is 21.0. The molecule has 0 atom stereocenters. The van der Waals surface area contributed by atoms with Crippen LogP contribution in [0.3, 0.4) is 0 Å². The molecular formula is C22H50O10S. The van der Waals surface area contributed by atoms with Gasteiger partial charge in [0.2, 0.25) is 0 Å². The predicted molar refractivity (Wildman–Crippen MR) is 129 cm³/mol. The minimum Gasteiger partial charge on any atom is -0.394 e. The van der Waals surface area contributed by atoms with Crippen LogP contribution in [-0.4, -0.2) is 95.9 Å². The van der Waals surface area contributed by atoms with Crippen molar-refractivity contribution in [2.45, 2.75) is 72.1 Å². The van der Waals surface area contributed by atoms with E-state index in [1.54, 1.807) is 0 Å². The maximum absolute atomic E-state index is 10.2. The topological polar surface area (TPSA) is 141 Å². The van der Waals surface area contributed by atoms with Crippen molar-refractivity contribution >= 4 is 10.4 Å². The lowest BCUT2D eigenvalue weighted by Gasteiger charge is -2.04.